The molecule has 0 bridgehead atoms. The number of hydrogen-bond acceptors (Lipinski definition) is 3. The van der Waals surface area contributed by atoms with Gasteiger partial charge in [-0.1, -0.05) is 17.7 Å². The molecule has 0 saturated heterocycles. The summed E-state index contributed by atoms with van der Waals surface area (Å²) in [7, 11) is -3.44. The highest BCUT2D eigenvalue weighted by atomic mass is 32.2. The number of nitrogens with one attached hydrogen (secondary N) is 1. The van der Waals surface area contributed by atoms with Crippen molar-refractivity contribution >= 4 is 10.0 Å². The van der Waals surface area contributed by atoms with E-state index in [2.05, 4.69) is 9.82 Å². The van der Waals surface area contributed by atoms with Crippen molar-refractivity contribution in [1.29, 1.82) is 0 Å². The van der Waals surface area contributed by atoms with Crippen molar-refractivity contribution in [3.63, 3.8) is 0 Å². The summed E-state index contributed by atoms with van der Waals surface area (Å²) in [6, 6.07) is 8.78. The fourth-order valence-corrected chi connectivity index (χ4v) is 3.74. The van der Waals surface area contributed by atoms with E-state index in [0.717, 1.165) is 24.2 Å². The van der Waals surface area contributed by atoms with Gasteiger partial charge in [-0.2, -0.15) is 5.10 Å². The maximum atomic E-state index is 12.3. The molecule has 1 aliphatic heterocycles. The predicted molar refractivity (Wildman–Crippen MR) is 75.8 cm³/mol. The third-order valence-electron chi connectivity index (χ3n) is 3.60. The molecule has 5 nitrogen and oxygen atoms in total. The van der Waals surface area contributed by atoms with Crippen LogP contribution in [0.3, 0.4) is 0 Å². The SMILES string of the molecule is Cc1ccc(S(=O)(=O)NC2CCn3nccc3C2)cc1. The van der Waals surface area contributed by atoms with Crippen molar-refractivity contribution in [2.45, 2.75) is 37.2 Å². The topological polar surface area (TPSA) is 64.0 Å². The standard InChI is InChI=1S/C14H17N3O2S/c1-11-2-4-14(5-3-11)20(18,19)16-12-7-9-17-13(10-12)6-8-15-17/h2-6,8,12,16H,7,9-10H2,1H3. The summed E-state index contributed by atoms with van der Waals surface area (Å²) in [4.78, 5) is 0.321. The van der Waals surface area contributed by atoms with Gasteiger partial charge in [-0.15, -0.1) is 0 Å². The van der Waals surface area contributed by atoms with Crippen LogP contribution in [0.15, 0.2) is 41.4 Å². The molecule has 3 rings (SSSR count). The molecule has 1 N–H and O–H groups in total. The second kappa shape index (κ2) is 5.03. The molecule has 106 valence electrons. The fourth-order valence-electron chi connectivity index (χ4n) is 2.47. The molecule has 2 heterocycles. The van der Waals surface area contributed by atoms with E-state index in [4.69, 9.17) is 0 Å². The van der Waals surface area contributed by atoms with Crippen LogP contribution in [0.5, 0.6) is 0 Å². The minimum Gasteiger partial charge on any atom is -0.269 e. The quantitative estimate of drug-likeness (QED) is 0.931. The van der Waals surface area contributed by atoms with Crippen LogP contribution >= 0.6 is 0 Å². The Labute approximate surface area is 118 Å². The van der Waals surface area contributed by atoms with Crippen LogP contribution in [-0.2, 0) is 23.0 Å². The first kappa shape index (κ1) is 13.3. The average Bonchev–Trinajstić information content (AvgIpc) is 2.86. The zero-order valence-electron chi connectivity index (χ0n) is 11.3. The molecule has 0 saturated carbocycles. The highest BCUT2D eigenvalue weighted by molar-refractivity contribution is 7.89. The zero-order chi connectivity index (χ0) is 14.2. The molecule has 20 heavy (non-hydrogen) atoms. The summed E-state index contributed by atoms with van der Waals surface area (Å²) in [5.41, 5.74) is 2.12. The minimum atomic E-state index is -3.44. The molecular weight excluding hydrogens is 274 g/mol. The lowest BCUT2D eigenvalue weighted by molar-refractivity contribution is 0.414. The van der Waals surface area contributed by atoms with Gasteiger partial charge in [-0.25, -0.2) is 13.1 Å². The van der Waals surface area contributed by atoms with E-state index in [9.17, 15) is 8.42 Å². The van der Waals surface area contributed by atoms with Crippen LogP contribution in [-0.4, -0.2) is 24.2 Å². The van der Waals surface area contributed by atoms with Crippen LogP contribution in [0.25, 0.3) is 0 Å². The smallest absolute Gasteiger partial charge is 0.240 e. The molecule has 0 amide bonds. The molecule has 1 unspecified atom stereocenters. The second-order valence-corrected chi connectivity index (χ2v) is 6.88. The van der Waals surface area contributed by atoms with E-state index in [1.54, 1.807) is 18.3 Å². The molecule has 0 spiro atoms. The van der Waals surface area contributed by atoms with Gasteiger partial charge in [0.25, 0.3) is 0 Å². The van der Waals surface area contributed by atoms with Gasteiger partial charge in [0, 0.05) is 30.9 Å². The van der Waals surface area contributed by atoms with Crippen LogP contribution in [0.4, 0.5) is 0 Å². The Kier molecular flexibility index (Phi) is 3.35. The van der Waals surface area contributed by atoms with Crippen molar-refractivity contribution < 1.29 is 8.42 Å². The minimum absolute atomic E-state index is 0.0643. The Hall–Kier alpha value is -1.66. The fraction of sp³-hybridized carbons (Fsp3) is 0.357. The van der Waals surface area contributed by atoms with E-state index >= 15 is 0 Å². The highest BCUT2D eigenvalue weighted by Crippen LogP contribution is 2.17. The largest absolute Gasteiger partial charge is 0.269 e. The number of benzene rings is 1. The Bertz CT molecular complexity index is 704. The lowest BCUT2D eigenvalue weighted by atomic mass is 10.1. The predicted octanol–water partition coefficient (Wildman–Crippen LogP) is 1.48. The van der Waals surface area contributed by atoms with Crippen LogP contribution in [0, 0.1) is 6.92 Å². The van der Waals surface area contributed by atoms with Crippen molar-refractivity contribution in [1.82, 2.24) is 14.5 Å². The van der Waals surface area contributed by atoms with Gasteiger partial charge in [0.15, 0.2) is 0 Å². The molecule has 1 aliphatic rings. The van der Waals surface area contributed by atoms with Gasteiger partial charge in [0.1, 0.15) is 0 Å². The van der Waals surface area contributed by atoms with Crippen molar-refractivity contribution in [2.75, 3.05) is 0 Å². The normalized spacial score (nSPS) is 18.8. The summed E-state index contributed by atoms with van der Waals surface area (Å²) >= 11 is 0. The molecule has 0 aliphatic carbocycles. The first-order chi connectivity index (χ1) is 9.54. The maximum absolute atomic E-state index is 12.3. The number of rotatable bonds is 3. The summed E-state index contributed by atoms with van der Waals surface area (Å²) < 4.78 is 29.4. The Morgan fingerprint density at radius 1 is 1.25 bits per heavy atom. The van der Waals surface area contributed by atoms with Gasteiger partial charge in [0.05, 0.1) is 4.90 Å². The summed E-state index contributed by atoms with van der Waals surface area (Å²) in [6.45, 7) is 2.69. The van der Waals surface area contributed by atoms with Gasteiger partial charge < -0.3 is 0 Å². The third kappa shape index (κ3) is 2.62. The van der Waals surface area contributed by atoms with Crippen LogP contribution in [0.2, 0.25) is 0 Å². The number of aryl methyl sites for hydroxylation is 2. The summed E-state index contributed by atoms with van der Waals surface area (Å²) in [6.07, 6.45) is 3.21. The van der Waals surface area contributed by atoms with Crippen LogP contribution < -0.4 is 4.72 Å². The van der Waals surface area contributed by atoms with E-state index in [1.807, 2.05) is 29.8 Å². The zero-order valence-corrected chi connectivity index (χ0v) is 12.1. The monoisotopic (exact) mass is 291 g/mol. The lowest BCUT2D eigenvalue weighted by Gasteiger charge is -2.24. The Balaban J connectivity index is 1.76. The summed E-state index contributed by atoms with van der Waals surface area (Å²) in [5, 5.41) is 4.19. The number of nitrogens with zero attached hydrogens (tertiary/aromatic N) is 2. The second-order valence-electron chi connectivity index (χ2n) is 5.17. The molecule has 1 atom stereocenters. The van der Waals surface area contributed by atoms with Crippen molar-refractivity contribution in [3.8, 4) is 0 Å². The summed E-state index contributed by atoms with van der Waals surface area (Å²) in [5.74, 6) is 0. The first-order valence-electron chi connectivity index (χ1n) is 6.64. The molecule has 1 aromatic carbocycles. The molecule has 1 aromatic heterocycles. The van der Waals surface area contributed by atoms with Crippen LogP contribution in [0.1, 0.15) is 17.7 Å². The van der Waals surface area contributed by atoms with Gasteiger partial charge in [-0.05, 0) is 31.5 Å². The first-order valence-corrected chi connectivity index (χ1v) is 8.12. The Morgan fingerprint density at radius 2 is 2.00 bits per heavy atom. The molecular formula is C14H17N3O2S. The Morgan fingerprint density at radius 3 is 2.75 bits per heavy atom. The number of sulfonamides is 1. The molecule has 2 aromatic rings. The molecule has 6 heteroatoms. The van der Waals surface area contributed by atoms with Gasteiger partial charge in [-0.3, -0.25) is 4.68 Å². The third-order valence-corrected chi connectivity index (χ3v) is 5.14. The van der Waals surface area contributed by atoms with Crippen molar-refractivity contribution in [2.24, 2.45) is 0 Å². The maximum Gasteiger partial charge on any atom is 0.240 e. The van der Waals surface area contributed by atoms with E-state index in [0.29, 0.717) is 11.3 Å². The van der Waals surface area contributed by atoms with Crippen molar-refractivity contribution in [3.05, 3.63) is 47.8 Å². The van der Waals surface area contributed by atoms with E-state index in [-0.39, 0.29) is 6.04 Å². The average molecular weight is 291 g/mol. The van der Waals surface area contributed by atoms with E-state index in [1.165, 1.54) is 0 Å². The van der Waals surface area contributed by atoms with Gasteiger partial charge in [0.2, 0.25) is 10.0 Å². The number of hydrogen-bond donors (Lipinski definition) is 1. The number of aromatic nitrogens is 2. The lowest BCUT2D eigenvalue weighted by Crippen LogP contribution is -2.40. The van der Waals surface area contributed by atoms with E-state index < -0.39 is 10.0 Å². The number of fused-ring (bicyclic) bond motifs is 1. The van der Waals surface area contributed by atoms with Gasteiger partial charge >= 0.3 is 0 Å². The molecule has 0 fully saturated rings. The molecule has 0 radical (unpaired) electrons. The highest BCUT2D eigenvalue weighted by Gasteiger charge is 2.24.